The van der Waals surface area contributed by atoms with Crippen molar-refractivity contribution in [2.24, 2.45) is 5.92 Å². The Morgan fingerprint density at radius 3 is 2.47 bits per heavy atom. The number of nitrogens with one attached hydrogen (secondary N) is 1. The van der Waals surface area contributed by atoms with E-state index < -0.39 is 11.7 Å². The Kier molecular flexibility index (Phi) is 4.19. The van der Waals surface area contributed by atoms with Gasteiger partial charge in [-0.2, -0.15) is 13.2 Å². The van der Waals surface area contributed by atoms with E-state index in [1.54, 1.807) is 6.07 Å². The molecule has 1 unspecified atom stereocenters. The molecular formula is C15H20F3N. The van der Waals surface area contributed by atoms with Crippen LogP contribution < -0.4 is 5.32 Å². The molecule has 0 radical (unpaired) electrons. The molecule has 106 valence electrons. The summed E-state index contributed by atoms with van der Waals surface area (Å²) in [5.74, 6) is 0.442. The highest BCUT2D eigenvalue weighted by Gasteiger charge is 2.31. The summed E-state index contributed by atoms with van der Waals surface area (Å²) in [5.41, 5.74) is 0.222. The first-order chi connectivity index (χ1) is 8.88. The van der Waals surface area contributed by atoms with E-state index in [4.69, 9.17) is 0 Å². The van der Waals surface area contributed by atoms with E-state index in [1.165, 1.54) is 25.0 Å². The third-order valence-electron chi connectivity index (χ3n) is 3.65. The highest BCUT2D eigenvalue weighted by Crippen LogP contribution is 2.33. The molecule has 1 aliphatic rings. The predicted octanol–water partition coefficient (Wildman–Crippen LogP) is 4.20. The zero-order chi connectivity index (χ0) is 14.0. The van der Waals surface area contributed by atoms with Gasteiger partial charge in [0, 0.05) is 12.6 Å². The van der Waals surface area contributed by atoms with Gasteiger partial charge in [0.15, 0.2) is 0 Å². The van der Waals surface area contributed by atoms with Crippen molar-refractivity contribution in [2.45, 2.75) is 44.8 Å². The van der Waals surface area contributed by atoms with Crippen LogP contribution in [0.3, 0.4) is 0 Å². The lowest BCUT2D eigenvalue weighted by Gasteiger charge is -2.23. The molecule has 1 fully saturated rings. The van der Waals surface area contributed by atoms with Crippen molar-refractivity contribution in [3.05, 3.63) is 35.4 Å². The van der Waals surface area contributed by atoms with Gasteiger partial charge in [0.1, 0.15) is 0 Å². The lowest BCUT2D eigenvalue weighted by molar-refractivity contribution is -0.137. The van der Waals surface area contributed by atoms with Crippen LogP contribution in [0.25, 0.3) is 0 Å². The fourth-order valence-corrected chi connectivity index (χ4v) is 2.27. The van der Waals surface area contributed by atoms with E-state index in [9.17, 15) is 13.2 Å². The summed E-state index contributed by atoms with van der Waals surface area (Å²) in [6.45, 7) is 4.86. The SMILES string of the molecule is CC(C)C(CNC1CC1)c1cccc(C(F)(F)F)c1. The molecule has 1 aromatic rings. The van der Waals surface area contributed by atoms with Crippen LogP contribution in [0.2, 0.25) is 0 Å². The largest absolute Gasteiger partial charge is 0.416 e. The average Bonchev–Trinajstić information content (AvgIpc) is 3.12. The molecule has 1 N–H and O–H groups in total. The van der Waals surface area contributed by atoms with Crippen molar-refractivity contribution < 1.29 is 13.2 Å². The minimum absolute atomic E-state index is 0.128. The Balaban J connectivity index is 2.15. The van der Waals surface area contributed by atoms with Gasteiger partial charge in [-0.1, -0.05) is 32.0 Å². The molecule has 1 aliphatic carbocycles. The molecule has 0 aromatic heterocycles. The number of hydrogen-bond donors (Lipinski definition) is 1. The minimum atomic E-state index is -4.26. The third-order valence-corrected chi connectivity index (χ3v) is 3.65. The highest BCUT2D eigenvalue weighted by atomic mass is 19.4. The molecule has 1 atom stereocenters. The fraction of sp³-hybridized carbons (Fsp3) is 0.600. The molecule has 0 aliphatic heterocycles. The van der Waals surface area contributed by atoms with Crippen molar-refractivity contribution >= 4 is 0 Å². The van der Waals surface area contributed by atoms with Gasteiger partial charge in [-0.15, -0.1) is 0 Å². The Labute approximate surface area is 112 Å². The molecule has 19 heavy (non-hydrogen) atoms. The first-order valence-corrected chi connectivity index (χ1v) is 6.78. The van der Waals surface area contributed by atoms with E-state index >= 15 is 0 Å². The molecule has 2 rings (SSSR count). The van der Waals surface area contributed by atoms with Gasteiger partial charge in [0.2, 0.25) is 0 Å². The van der Waals surface area contributed by atoms with Crippen LogP contribution in [-0.2, 0) is 6.18 Å². The number of benzene rings is 1. The maximum atomic E-state index is 12.7. The zero-order valence-corrected chi connectivity index (χ0v) is 11.3. The van der Waals surface area contributed by atoms with Crippen LogP contribution in [0.5, 0.6) is 0 Å². The number of hydrogen-bond acceptors (Lipinski definition) is 1. The highest BCUT2D eigenvalue weighted by molar-refractivity contribution is 5.29. The third kappa shape index (κ3) is 3.96. The Hall–Kier alpha value is -1.03. The summed E-state index contributed by atoms with van der Waals surface area (Å²) in [7, 11) is 0. The van der Waals surface area contributed by atoms with E-state index in [2.05, 4.69) is 19.2 Å². The monoisotopic (exact) mass is 271 g/mol. The molecule has 0 amide bonds. The van der Waals surface area contributed by atoms with Crippen molar-refractivity contribution in [1.82, 2.24) is 5.32 Å². The van der Waals surface area contributed by atoms with Crippen molar-refractivity contribution in [3.63, 3.8) is 0 Å². The van der Waals surface area contributed by atoms with E-state index in [0.717, 1.165) is 18.2 Å². The molecule has 4 heteroatoms. The lowest BCUT2D eigenvalue weighted by atomic mass is 9.87. The predicted molar refractivity (Wildman–Crippen MR) is 70.0 cm³/mol. The average molecular weight is 271 g/mol. The van der Waals surface area contributed by atoms with Crippen molar-refractivity contribution in [2.75, 3.05) is 6.54 Å². The van der Waals surface area contributed by atoms with Crippen LogP contribution in [0.15, 0.2) is 24.3 Å². The molecule has 1 aromatic carbocycles. The number of alkyl halides is 3. The van der Waals surface area contributed by atoms with E-state index in [-0.39, 0.29) is 5.92 Å². The normalized spacial score (nSPS) is 17.8. The second-order valence-electron chi connectivity index (χ2n) is 5.66. The first-order valence-electron chi connectivity index (χ1n) is 6.78. The van der Waals surface area contributed by atoms with Crippen LogP contribution >= 0.6 is 0 Å². The minimum Gasteiger partial charge on any atom is -0.313 e. The van der Waals surface area contributed by atoms with Gasteiger partial charge < -0.3 is 5.32 Å². The van der Waals surface area contributed by atoms with E-state index in [0.29, 0.717) is 12.0 Å². The summed E-state index contributed by atoms with van der Waals surface area (Å²) >= 11 is 0. The van der Waals surface area contributed by atoms with Crippen molar-refractivity contribution in [3.8, 4) is 0 Å². The Morgan fingerprint density at radius 1 is 1.26 bits per heavy atom. The summed E-state index contributed by atoms with van der Waals surface area (Å²) in [6, 6.07) is 6.31. The van der Waals surface area contributed by atoms with Gasteiger partial charge in [-0.25, -0.2) is 0 Å². The van der Waals surface area contributed by atoms with Crippen molar-refractivity contribution in [1.29, 1.82) is 0 Å². The van der Waals surface area contributed by atoms with Crippen LogP contribution in [0.4, 0.5) is 13.2 Å². The van der Waals surface area contributed by atoms with E-state index in [1.807, 2.05) is 0 Å². The molecule has 0 spiro atoms. The standard InChI is InChI=1S/C15H20F3N/c1-10(2)14(9-19-13-6-7-13)11-4-3-5-12(8-11)15(16,17)18/h3-5,8,10,13-14,19H,6-7,9H2,1-2H3. The summed E-state index contributed by atoms with van der Waals surface area (Å²) in [6.07, 6.45) is -1.89. The lowest BCUT2D eigenvalue weighted by Crippen LogP contribution is -2.26. The molecule has 1 nitrogen and oxygen atoms in total. The quantitative estimate of drug-likeness (QED) is 0.846. The second kappa shape index (κ2) is 5.53. The van der Waals surface area contributed by atoms with Crippen LogP contribution in [0, 0.1) is 5.92 Å². The number of halogens is 3. The second-order valence-corrected chi connectivity index (χ2v) is 5.66. The maximum absolute atomic E-state index is 12.7. The van der Waals surface area contributed by atoms with Gasteiger partial charge in [-0.05, 0) is 36.3 Å². The van der Waals surface area contributed by atoms with Gasteiger partial charge in [-0.3, -0.25) is 0 Å². The van der Waals surface area contributed by atoms with Gasteiger partial charge >= 0.3 is 6.18 Å². The van der Waals surface area contributed by atoms with Gasteiger partial charge in [0.05, 0.1) is 5.56 Å². The molecule has 0 bridgehead atoms. The van der Waals surface area contributed by atoms with Crippen LogP contribution in [-0.4, -0.2) is 12.6 Å². The maximum Gasteiger partial charge on any atom is 0.416 e. The van der Waals surface area contributed by atoms with Crippen LogP contribution in [0.1, 0.15) is 43.7 Å². The first kappa shape index (κ1) is 14.4. The smallest absolute Gasteiger partial charge is 0.313 e. The Morgan fingerprint density at radius 2 is 1.95 bits per heavy atom. The summed E-state index contributed by atoms with van der Waals surface area (Å²) in [5, 5.41) is 3.41. The summed E-state index contributed by atoms with van der Waals surface area (Å²) < 4.78 is 38.2. The van der Waals surface area contributed by atoms with Gasteiger partial charge in [0.25, 0.3) is 0 Å². The zero-order valence-electron chi connectivity index (χ0n) is 11.3. The molecular weight excluding hydrogens is 251 g/mol. The molecule has 1 saturated carbocycles. The molecule has 0 saturated heterocycles. The summed E-state index contributed by atoms with van der Waals surface area (Å²) in [4.78, 5) is 0. The fourth-order valence-electron chi connectivity index (χ4n) is 2.27. The number of rotatable bonds is 5. The topological polar surface area (TPSA) is 12.0 Å². The molecule has 0 heterocycles. The Bertz CT molecular complexity index is 422.